The standard InChI is InChI=1S/C16H18N2/c1-2-18-10-14-13(12-6-4-3-5-7-12)8-9-16(17)15(14)11-18/h3-9H,2,10-11,17H2,1H3. The first-order chi connectivity index (χ1) is 8.79. The van der Waals surface area contributed by atoms with Gasteiger partial charge in [-0.15, -0.1) is 0 Å². The van der Waals surface area contributed by atoms with Crippen molar-refractivity contribution in [1.29, 1.82) is 0 Å². The van der Waals surface area contributed by atoms with Crippen LogP contribution in [0.2, 0.25) is 0 Å². The minimum atomic E-state index is 0.931. The summed E-state index contributed by atoms with van der Waals surface area (Å²) < 4.78 is 0. The van der Waals surface area contributed by atoms with E-state index in [-0.39, 0.29) is 0 Å². The number of nitrogens with two attached hydrogens (primary N) is 1. The van der Waals surface area contributed by atoms with Gasteiger partial charge in [-0.05, 0) is 34.9 Å². The van der Waals surface area contributed by atoms with Gasteiger partial charge in [-0.3, -0.25) is 4.90 Å². The van der Waals surface area contributed by atoms with E-state index in [0.29, 0.717) is 0 Å². The summed E-state index contributed by atoms with van der Waals surface area (Å²) >= 11 is 0. The molecule has 2 heteroatoms. The molecule has 0 aromatic heterocycles. The van der Waals surface area contributed by atoms with E-state index in [1.165, 1.54) is 22.3 Å². The van der Waals surface area contributed by atoms with Crippen molar-refractivity contribution in [3.63, 3.8) is 0 Å². The summed E-state index contributed by atoms with van der Waals surface area (Å²) in [5.41, 5.74) is 12.4. The predicted octanol–water partition coefficient (Wildman–Crippen LogP) is 3.27. The van der Waals surface area contributed by atoms with Gasteiger partial charge in [-0.1, -0.05) is 43.3 Å². The van der Waals surface area contributed by atoms with Crippen LogP contribution in [0.3, 0.4) is 0 Å². The fourth-order valence-corrected chi connectivity index (χ4v) is 2.69. The van der Waals surface area contributed by atoms with Gasteiger partial charge in [0.05, 0.1) is 0 Å². The number of nitrogen functional groups attached to an aromatic ring is 1. The molecule has 0 saturated heterocycles. The van der Waals surface area contributed by atoms with Crippen molar-refractivity contribution in [3.8, 4) is 11.1 Å². The first kappa shape index (κ1) is 11.3. The molecular weight excluding hydrogens is 220 g/mol. The molecule has 0 spiro atoms. The first-order valence-electron chi connectivity index (χ1n) is 6.47. The molecule has 2 N–H and O–H groups in total. The van der Waals surface area contributed by atoms with E-state index in [0.717, 1.165) is 25.3 Å². The van der Waals surface area contributed by atoms with Gasteiger partial charge in [0.1, 0.15) is 0 Å². The normalized spacial score (nSPS) is 14.7. The number of nitrogens with zero attached hydrogens (tertiary/aromatic N) is 1. The Morgan fingerprint density at radius 3 is 2.44 bits per heavy atom. The highest BCUT2D eigenvalue weighted by molar-refractivity contribution is 5.73. The van der Waals surface area contributed by atoms with Crippen LogP contribution in [0, 0.1) is 0 Å². The quantitative estimate of drug-likeness (QED) is 0.814. The van der Waals surface area contributed by atoms with E-state index in [1.807, 2.05) is 6.07 Å². The predicted molar refractivity (Wildman–Crippen MR) is 76.1 cm³/mol. The Bertz CT molecular complexity index is 561. The number of fused-ring (bicyclic) bond motifs is 1. The summed E-state index contributed by atoms with van der Waals surface area (Å²) in [5.74, 6) is 0. The van der Waals surface area contributed by atoms with Gasteiger partial charge in [-0.2, -0.15) is 0 Å². The Labute approximate surface area is 108 Å². The molecule has 3 rings (SSSR count). The van der Waals surface area contributed by atoms with Crippen molar-refractivity contribution in [2.75, 3.05) is 12.3 Å². The van der Waals surface area contributed by atoms with Gasteiger partial charge in [0, 0.05) is 18.8 Å². The Hall–Kier alpha value is -1.80. The van der Waals surface area contributed by atoms with Crippen molar-refractivity contribution in [2.24, 2.45) is 0 Å². The van der Waals surface area contributed by atoms with Gasteiger partial charge >= 0.3 is 0 Å². The molecule has 0 saturated carbocycles. The minimum absolute atomic E-state index is 0.931. The van der Waals surface area contributed by atoms with Crippen LogP contribution in [0.5, 0.6) is 0 Å². The zero-order chi connectivity index (χ0) is 12.5. The number of hydrogen-bond acceptors (Lipinski definition) is 2. The number of hydrogen-bond donors (Lipinski definition) is 1. The zero-order valence-corrected chi connectivity index (χ0v) is 10.7. The van der Waals surface area contributed by atoms with Crippen molar-refractivity contribution in [1.82, 2.24) is 4.90 Å². The molecule has 0 amide bonds. The fraction of sp³-hybridized carbons (Fsp3) is 0.250. The summed E-state index contributed by atoms with van der Waals surface area (Å²) in [7, 11) is 0. The Morgan fingerprint density at radius 2 is 1.72 bits per heavy atom. The molecule has 18 heavy (non-hydrogen) atoms. The monoisotopic (exact) mass is 238 g/mol. The third-order valence-corrected chi connectivity index (χ3v) is 3.76. The van der Waals surface area contributed by atoms with Crippen LogP contribution >= 0.6 is 0 Å². The smallest absolute Gasteiger partial charge is 0.0363 e. The number of rotatable bonds is 2. The fourth-order valence-electron chi connectivity index (χ4n) is 2.69. The topological polar surface area (TPSA) is 29.3 Å². The molecule has 2 nitrogen and oxygen atoms in total. The lowest BCUT2D eigenvalue weighted by molar-refractivity contribution is 0.301. The largest absolute Gasteiger partial charge is 0.398 e. The van der Waals surface area contributed by atoms with Crippen LogP contribution in [0.1, 0.15) is 18.1 Å². The van der Waals surface area contributed by atoms with Gasteiger partial charge in [0.25, 0.3) is 0 Å². The van der Waals surface area contributed by atoms with Crippen molar-refractivity contribution < 1.29 is 0 Å². The second kappa shape index (κ2) is 4.46. The van der Waals surface area contributed by atoms with Crippen molar-refractivity contribution in [2.45, 2.75) is 20.0 Å². The van der Waals surface area contributed by atoms with Gasteiger partial charge in [0.2, 0.25) is 0 Å². The summed E-state index contributed by atoms with van der Waals surface area (Å²) in [6.07, 6.45) is 0. The van der Waals surface area contributed by atoms with Crippen LogP contribution in [0.4, 0.5) is 5.69 Å². The summed E-state index contributed by atoms with van der Waals surface area (Å²) in [5, 5.41) is 0. The molecule has 1 aliphatic rings. The summed E-state index contributed by atoms with van der Waals surface area (Å²) in [6, 6.07) is 14.8. The minimum Gasteiger partial charge on any atom is -0.398 e. The molecule has 0 fully saturated rings. The van der Waals surface area contributed by atoms with Crippen LogP contribution in [-0.4, -0.2) is 11.4 Å². The number of benzene rings is 2. The molecule has 0 unspecified atom stereocenters. The van der Waals surface area contributed by atoms with Gasteiger partial charge < -0.3 is 5.73 Å². The maximum Gasteiger partial charge on any atom is 0.0363 e. The first-order valence-corrected chi connectivity index (χ1v) is 6.47. The molecule has 0 aliphatic carbocycles. The summed E-state index contributed by atoms with van der Waals surface area (Å²) in [4.78, 5) is 2.42. The lowest BCUT2D eigenvalue weighted by atomic mass is 9.96. The van der Waals surface area contributed by atoms with Crippen molar-refractivity contribution >= 4 is 5.69 Å². The van der Waals surface area contributed by atoms with Crippen LogP contribution in [0.25, 0.3) is 11.1 Å². The lowest BCUT2D eigenvalue weighted by Gasteiger charge is -2.11. The molecule has 0 bridgehead atoms. The third-order valence-electron chi connectivity index (χ3n) is 3.76. The second-order valence-corrected chi connectivity index (χ2v) is 4.83. The maximum atomic E-state index is 6.11. The molecule has 0 atom stereocenters. The highest BCUT2D eigenvalue weighted by Crippen LogP contribution is 2.35. The van der Waals surface area contributed by atoms with E-state index in [4.69, 9.17) is 5.73 Å². The summed E-state index contributed by atoms with van der Waals surface area (Å²) in [6.45, 7) is 5.27. The Balaban J connectivity index is 2.12. The number of anilines is 1. The third kappa shape index (κ3) is 1.79. The molecular formula is C16H18N2. The van der Waals surface area contributed by atoms with E-state index in [2.05, 4.69) is 48.2 Å². The molecule has 1 aliphatic heterocycles. The van der Waals surface area contributed by atoms with E-state index < -0.39 is 0 Å². The van der Waals surface area contributed by atoms with Crippen LogP contribution in [0.15, 0.2) is 42.5 Å². The maximum absolute atomic E-state index is 6.11. The lowest BCUT2D eigenvalue weighted by Crippen LogP contribution is -2.14. The molecule has 0 radical (unpaired) electrons. The molecule has 2 aromatic rings. The van der Waals surface area contributed by atoms with Gasteiger partial charge in [0.15, 0.2) is 0 Å². The highest BCUT2D eigenvalue weighted by Gasteiger charge is 2.22. The van der Waals surface area contributed by atoms with Crippen LogP contribution < -0.4 is 5.73 Å². The Morgan fingerprint density at radius 1 is 1.00 bits per heavy atom. The average Bonchev–Trinajstić information content (AvgIpc) is 2.85. The van der Waals surface area contributed by atoms with Crippen molar-refractivity contribution in [3.05, 3.63) is 53.6 Å². The van der Waals surface area contributed by atoms with Gasteiger partial charge in [-0.25, -0.2) is 0 Å². The zero-order valence-electron chi connectivity index (χ0n) is 10.7. The van der Waals surface area contributed by atoms with Crippen LogP contribution in [-0.2, 0) is 13.1 Å². The molecule has 1 heterocycles. The SMILES string of the molecule is CCN1Cc2c(N)ccc(-c3ccccc3)c2C1. The average molecular weight is 238 g/mol. The molecule has 2 aromatic carbocycles. The highest BCUT2D eigenvalue weighted by atomic mass is 15.1. The molecule has 92 valence electrons. The second-order valence-electron chi connectivity index (χ2n) is 4.83. The van der Waals surface area contributed by atoms with E-state index in [1.54, 1.807) is 0 Å². The Kier molecular flexibility index (Phi) is 2.80. The van der Waals surface area contributed by atoms with E-state index in [9.17, 15) is 0 Å². The van der Waals surface area contributed by atoms with E-state index >= 15 is 0 Å².